The minimum atomic E-state index is 0.142. The Balaban J connectivity index is 1.58. The highest BCUT2D eigenvalue weighted by atomic mass is 16.2. The maximum Gasteiger partial charge on any atom is 0.274 e. The van der Waals surface area contributed by atoms with Gasteiger partial charge in [-0.15, -0.1) is 0 Å². The van der Waals surface area contributed by atoms with Crippen molar-refractivity contribution in [2.45, 2.75) is 64.0 Å². The number of piperidine rings is 1. The van der Waals surface area contributed by atoms with Crippen LogP contribution in [0.1, 0.15) is 61.1 Å². The number of aryl methyl sites for hydroxylation is 2. The second-order valence-corrected chi connectivity index (χ2v) is 6.86. The first-order chi connectivity index (χ1) is 10.1. The molecule has 1 saturated carbocycles. The summed E-state index contributed by atoms with van der Waals surface area (Å²) in [5, 5.41) is 4.38. The number of carbonyl (C=O) groups excluding carboxylic acids is 1. The number of allylic oxidation sites excluding steroid dienone is 1. The molecule has 1 aliphatic carbocycles. The molecule has 1 aromatic heterocycles. The van der Waals surface area contributed by atoms with Gasteiger partial charge in [-0.2, -0.15) is 5.10 Å². The molecule has 4 heteroatoms. The molecule has 112 valence electrons. The van der Waals surface area contributed by atoms with E-state index in [0.717, 1.165) is 18.5 Å². The third-order valence-electron chi connectivity index (χ3n) is 5.61. The van der Waals surface area contributed by atoms with Gasteiger partial charge in [0.15, 0.2) is 5.69 Å². The van der Waals surface area contributed by atoms with Crippen molar-refractivity contribution in [2.24, 2.45) is 7.05 Å². The van der Waals surface area contributed by atoms with Gasteiger partial charge < -0.3 is 4.90 Å². The van der Waals surface area contributed by atoms with Gasteiger partial charge in [-0.1, -0.05) is 11.1 Å². The molecule has 3 fully saturated rings. The highest BCUT2D eigenvalue weighted by Gasteiger charge is 2.43. The summed E-state index contributed by atoms with van der Waals surface area (Å²) in [5.41, 5.74) is 5.04. The number of carbonyl (C=O) groups is 1. The normalized spacial score (nSPS) is 28.0. The Morgan fingerprint density at radius 2 is 1.86 bits per heavy atom. The zero-order valence-corrected chi connectivity index (χ0v) is 12.9. The highest BCUT2D eigenvalue weighted by Crippen LogP contribution is 2.43. The average Bonchev–Trinajstić information content (AvgIpc) is 2.85. The van der Waals surface area contributed by atoms with Gasteiger partial charge >= 0.3 is 0 Å². The second kappa shape index (κ2) is 4.72. The molecular weight excluding hydrogens is 262 g/mol. The predicted octanol–water partition coefficient (Wildman–Crippen LogP) is 2.98. The fraction of sp³-hybridized carbons (Fsp3) is 0.647. The number of hydrogen-bond acceptors (Lipinski definition) is 2. The van der Waals surface area contributed by atoms with Crippen LogP contribution in [0.5, 0.6) is 0 Å². The Labute approximate surface area is 125 Å². The van der Waals surface area contributed by atoms with Crippen molar-refractivity contribution in [2.75, 3.05) is 0 Å². The van der Waals surface area contributed by atoms with Gasteiger partial charge in [-0.25, -0.2) is 0 Å². The van der Waals surface area contributed by atoms with Crippen molar-refractivity contribution < 1.29 is 4.79 Å². The molecule has 0 spiro atoms. The van der Waals surface area contributed by atoms with Crippen molar-refractivity contribution >= 4 is 5.91 Å². The number of rotatable bonds is 1. The van der Waals surface area contributed by atoms with Gasteiger partial charge in [-0.05, 0) is 57.9 Å². The third kappa shape index (κ3) is 2.03. The zero-order chi connectivity index (χ0) is 14.6. The summed E-state index contributed by atoms with van der Waals surface area (Å²) in [6.45, 7) is 1.99. The number of nitrogens with zero attached hydrogens (tertiary/aromatic N) is 3. The van der Waals surface area contributed by atoms with Crippen LogP contribution in [0.3, 0.4) is 0 Å². The van der Waals surface area contributed by atoms with Gasteiger partial charge in [0.25, 0.3) is 5.91 Å². The monoisotopic (exact) mass is 285 g/mol. The van der Waals surface area contributed by atoms with Crippen LogP contribution in [0.4, 0.5) is 0 Å². The molecule has 2 bridgehead atoms. The minimum absolute atomic E-state index is 0.142. The standard InChI is InChI=1S/C17H23N3O/c1-11-8-16(18-19(11)2)17(21)20-14-6-7-15(20)10-13(9-14)12-4-3-5-12/h8,14-15H,3-7,9-10H2,1-2H3. The first kappa shape index (κ1) is 13.1. The molecule has 1 aromatic rings. The molecule has 2 aliphatic heterocycles. The van der Waals surface area contributed by atoms with E-state index in [9.17, 15) is 4.79 Å². The first-order valence-electron chi connectivity index (χ1n) is 8.16. The van der Waals surface area contributed by atoms with Crippen molar-refractivity contribution in [3.63, 3.8) is 0 Å². The molecule has 3 aliphatic rings. The molecule has 2 atom stereocenters. The summed E-state index contributed by atoms with van der Waals surface area (Å²) in [7, 11) is 1.90. The quantitative estimate of drug-likeness (QED) is 0.744. The topological polar surface area (TPSA) is 38.1 Å². The smallest absolute Gasteiger partial charge is 0.274 e. The number of amides is 1. The van der Waals surface area contributed by atoms with Crippen LogP contribution >= 0.6 is 0 Å². The maximum atomic E-state index is 12.8. The zero-order valence-electron chi connectivity index (χ0n) is 12.9. The van der Waals surface area contributed by atoms with E-state index in [0.29, 0.717) is 17.8 Å². The SMILES string of the molecule is Cc1cc(C(=O)N2C3CCC2CC(=C2CCC2)C3)nn1C. The number of hydrogen-bond donors (Lipinski definition) is 0. The van der Waals surface area contributed by atoms with Crippen LogP contribution in [0, 0.1) is 6.92 Å². The van der Waals surface area contributed by atoms with Crippen LogP contribution < -0.4 is 0 Å². The average molecular weight is 285 g/mol. The second-order valence-electron chi connectivity index (χ2n) is 6.86. The maximum absolute atomic E-state index is 12.8. The molecule has 3 heterocycles. The Morgan fingerprint density at radius 3 is 2.33 bits per heavy atom. The summed E-state index contributed by atoms with van der Waals surface area (Å²) in [6, 6.07) is 2.75. The lowest BCUT2D eigenvalue weighted by Gasteiger charge is -2.38. The van der Waals surface area contributed by atoms with Crippen molar-refractivity contribution in [3.8, 4) is 0 Å². The number of aromatic nitrogens is 2. The van der Waals surface area contributed by atoms with Crippen molar-refractivity contribution in [1.29, 1.82) is 0 Å². The lowest BCUT2D eigenvalue weighted by molar-refractivity contribution is 0.0626. The van der Waals surface area contributed by atoms with Crippen LogP contribution in [0.2, 0.25) is 0 Å². The van der Waals surface area contributed by atoms with Crippen LogP contribution in [0.15, 0.2) is 17.2 Å². The summed E-state index contributed by atoms with van der Waals surface area (Å²) in [5.74, 6) is 0.142. The molecule has 2 unspecified atom stereocenters. The fourth-order valence-corrected chi connectivity index (χ4v) is 4.14. The van der Waals surface area contributed by atoms with E-state index in [-0.39, 0.29) is 5.91 Å². The third-order valence-corrected chi connectivity index (χ3v) is 5.61. The molecule has 0 radical (unpaired) electrons. The molecule has 2 saturated heterocycles. The van der Waals surface area contributed by atoms with E-state index in [4.69, 9.17) is 0 Å². The Bertz CT molecular complexity index is 586. The molecule has 4 rings (SSSR count). The van der Waals surface area contributed by atoms with E-state index in [1.54, 1.807) is 15.8 Å². The predicted molar refractivity (Wildman–Crippen MR) is 81.0 cm³/mol. The largest absolute Gasteiger partial charge is 0.331 e. The van der Waals surface area contributed by atoms with E-state index in [1.807, 2.05) is 20.0 Å². The minimum Gasteiger partial charge on any atom is -0.331 e. The van der Waals surface area contributed by atoms with Gasteiger partial charge in [0.2, 0.25) is 0 Å². The van der Waals surface area contributed by atoms with Crippen LogP contribution in [0.25, 0.3) is 0 Å². The van der Waals surface area contributed by atoms with E-state index >= 15 is 0 Å². The fourth-order valence-electron chi connectivity index (χ4n) is 4.14. The van der Waals surface area contributed by atoms with Gasteiger partial charge in [-0.3, -0.25) is 9.48 Å². The summed E-state index contributed by atoms with van der Waals surface area (Å²) < 4.78 is 1.79. The molecule has 1 amide bonds. The van der Waals surface area contributed by atoms with Gasteiger partial charge in [0.1, 0.15) is 0 Å². The Morgan fingerprint density at radius 1 is 1.19 bits per heavy atom. The lowest BCUT2D eigenvalue weighted by atomic mass is 9.82. The van der Waals surface area contributed by atoms with Crippen LogP contribution in [-0.4, -0.2) is 32.7 Å². The lowest BCUT2D eigenvalue weighted by Crippen LogP contribution is -2.45. The van der Waals surface area contributed by atoms with Gasteiger partial charge in [0, 0.05) is 24.8 Å². The molecule has 0 N–H and O–H groups in total. The first-order valence-corrected chi connectivity index (χ1v) is 8.16. The van der Waals surface area contributed by atoms with E-state index in [1.165, 1.54) is 32.1 Å². The summed E-state index contributed by atoms with van der Waals surface area (Å²) in [6.07, 6.45) is 8.54. The van der Waals surface area contributed by atoms with Crippen molar-refractivity contribution in [3.05, 3.63) is 28.6 Å². The molecule has 21 heavy (non-hydrogen) atoms. The Kier molecular flexibility index (Phi) is 2.95. The highest BCUT2D eigenvalue weighted by molar-refractivity contribution is 5.93. The molecular formula is C17H23N3O. The van der Waals surface area contributed by atoms with E-state index in [2.05, 4.69) is 10.00 Å². The summed E-state index contributed by atoms with van der Waals surface area (Å²) in [4.78, 5) is 15.0. The van der Waals surface area contributed by atoms with E-state index < -0.39 is 0 Å². The van der Waals surface area contributed by atoms with Gasteiger partial charge in [0.05, 0.1) is 0 Å². The summed E-state index contributed by atoms with van der Waals surface area (Å²) >= 11 is 0. The molecule has 0 aromatic carbocycles. The molecule has 4 nitrogen and oxygen atoms in total. The van der Waals surface area contributed by atoms with Crippen molar-refractivity contribution in [1.82, 2.24) is 14.7 Å². The van der Waals surface area contributed by atoms with Crippen LogP contribution in [-0.2, 0) is 7.05 Å². The Hall–Kier alpha value is -1.58. The number of fused-ring (bicyclic) bond motifs is 2.